The van der Waals surface area contributed by atoms with E-state index >= 15 is 0 Å². The number of pyridine rings is 2. The fraction of sp³-hybridized carbons (Fsp3) is 0.360. The van der Waals surface area contributed by atoms with Gasteiger partial charge in [-0.25, -0.2) is 28.0 Å². The molecule has 212 valence electrons. The van der Waals surface area contributed by atoms with Crippen molar-refractivity contribution < 1.29 is 35.2 Å². The van der Waals surface area contributed by atoms with Gasteiger partial charge in [0, 0.05) is 46.9 Å². The lowest BCUT2D eigenvalue weighted by atomic mass is 10.1. The Balaban J connectivity index is 1.63. The molecule has 1 amide bonds. The number of para-hydroxylation sites is 1. The Morgan fingerprint density at radius 1 is 1.20 bits per heavy atom. The van der Waals surface area contributed by atoms with Crippen LogP contribution in [0.5, 0.6) is 0 Å². The number of alkyl carbamates (subject to hydrolysis) is 1. The first kappa shape index (κ1) is 23.7. The van der Waals surface area contributed by atoms with Crippen LogP contribution in [0.3, 0.4) is 0 Å². The Bertz CT molecular complexity index is 1920. The van der Waals surface area contributed by atoms with Gasteiger partial charge in [-0.2, -0.15) is 13.2 Å². The van der Waals surface area contributed by atoms with E-state index in [1.165, 1.54) is 23.8 Å². The molecule has 11 nitrogen and oxygen atoms in total. The van der Waals surface area contributed by atoms with Gasteiger partial charge in [-0.15, -0.1) is 0 Å². The average Bonchev–Trinajstić information content (AvgIpc) is 3.46. The number of rotatable bonds is 5. The van der Waals surface area contributed by atoms with Gasteiger partial charge < -0.3 is 15.4 Å². The van der Waals surface area contributed by atoms with Gasteiger partial charge in [0.25, 0.3) is 0 Å². The molecular weight excluding hydrogens is 553 g/mol. The molecular formula is C25H25F3N6O5S. The molecule has 1 aliphatic rings. The SMILES string of the molecule is [2H]C([2H])([2H])n1c(=O)n([C@@H]2CC[C@@H](NC(=O)OC)C2)c2cc(Nc3cc(S(C)(=O)=O)c4cccc(C(F)(F)F)c4n3)ncc21. The van der Waals surface area contributed by atoms with Crippen LogP contribution < -0.4 is 16.3 Å². The molecule has 5 rings (SSSR count). The molecule has 4 aromatic rings. The summed E-state index contributed by atoms with van der Waals surface area (Å²) >= 11 is 0. The molecule has 3 heterocycles. The molecule has 2 N–H and O–H groups in total. The molecule has 2 atom stereocenters. The summed E-state index contributed by atoms with van der Waals surface area (Å²) in [6, 6.07) is 4.66. The number of ether oxygens (including phenoxy) is 1. The number of aromatic nitrogens is 4. The van der Waals surface area contributed by atoms with Crippen LogP contribution in [0.15, 0.2) is 46.2 Å². The van der Waals surface area contributed by atoms with Crippen LogP contribution in [0, 0.1) is 0 Å². The third-order valence-electron chi connectivity index (χ3n) is 6.80. The molecule has 40 heavy (non-hydrogen) atoms. The van der Waals surface area contributed by atoms with Gasteiger partial charge in [-0.05, 0) is 25.3 Å². The molecule has 0 bridgehead atoms. The number of amides is 1. The average molecular weight is 582 g/mol. The zero-order valence-electron chi connectivity index (χ0n) is 24.1. The highest BCUT2D eigenvalue weighted by atomic mass is 32.2. The van der Waals surface area contributed by atoms with Crippen molar-refractivity contribution in [3.05, 3.63) is 52.6 Å². The van der Waals surface area contributed by atoms with Gasteiger partial charge in [-0.3, -0.25) is 9.13 Å². The van der Waals surface area contributed by atoms with Gasteiger partial charge in [-0.1, -0.05) is 12.1 Å². The number of benzene rings is 1. The van der Waals surface area contributed by atoms with Crippen LogP contribution in [-0.2, 0) is 27.7 Å². The predicted molar refractivity (Wildman–Crippen MR) is 140 cm³/mol. The maximum atomic E-state index is 13.8. The number of carbonyl (C=O) groups is 1. The summed E-state index contributed by atoms with van der Waals surface area (Å²) in [6.45, 7) is -2.86. The van der Waals surface area contributed by atoms with E-state index in [9.17, 15) is 31.2 Å². The van der Waals surface area contributed by atoms with Gasteiger partial charge in [0.05, 0.1) is 40.3 Å². The van der Waals surface area contributed by atoms with E-state index in [2.05, 4.69) is 25.3 Å². The number of nitrogens with zero attached hydrogens (tertiary/aromatic N) is 4. The van der Waals surface area contributed by atoms with Gasteiger partial charge in [0.1, 0.15) is 11.6 Å². The Hall–Kier alpha value is -4.14. The van der Waals surface area contributed by atoms with E-state index in [-0.39, 0.29) is 34.1 Å². The first-order chi connectivity index (χ1) is 20.0. The number of hydrogen-bond acceptors (Lipinski definition) is 8. The fourth-order valence-corrected chi connectivity index (χ4v) is 5.92. The number of anilines is 2. The number of halogens is 3. The summed E-state index contributed by atoms with van der Waals surface area (Å²) in [5.74, 6) is -0.314. The summed E-state index contributed by atoms with van der Waals surface area (Å²) in [4.78, 5) is 32.9. The Kier molecular flexibility index (Phi) is 5.81. The lowest BCUT2D eigenvalue weighted by Gasteiger charge is -2.15. The highest BCUT2D eigenvalue weighted by Crippen LogP contribution is 2.37. The van der Waals surface area contributed by atoms with Crippen molar-refractivity contribution in [1.29, 1.82) is 0 Å². The number of nitrogens with one attached hydrogen (secondary N) is 2. The highest BCUT2D eigenvalue weighted by molar-refractivity contribution is 7.91. The largest absolute Gasteiger partial charge is 0.453 e. The van der Waals surface area contributed by atoms with Crippen LogP contribution in [0.4, 0.5) is 29.6 Å². The molecule has 0 unspecified atom stereocenters. The summed E-state index contributed by atoms with van der Waals surface area (Å²) in [5, 5.41) is 5.17. The maximum Gasteiger partial charge on any atom is 0.418 e. The number of fused-ring (bicyclic) bond motifs is 2. The van der Waals surface area contributed by atoms with Crippen molar-refractivity contribution in [2.24, 2.45) is 6.98 Å². The quantitative estimate of drug-likeness (QED) is 0.362. The van der Waals surface area contributed by atoms with Crippen molar-refractivity contribution in [3.8, 4) is 0 Å². The second kappa shape index (κ2) is 9.80. The first-order valence-electron chi connectivity index (χ1n) is 13.4. The van der Waals surface area contributed by atoms with Crippen molar-refractivity contribution >= 4 is 49.5 Å². The van der Waals surface area contributed by atoms with Crippen LogP contribution in [0.2, 0.25) is 0 Å². The van der Waals surface area contributed by atoms with Crippen LogP contribution in [0.25, 0.3) is 21.9 Å². The van der Waals surface area contributed by atoms with Crippen LogP contribution >= 0.6 is 0 Å². The summed E-state index contributed by atoms with van der Waals surface area (Å²) in [7, 11) is -2.80. The lowest BCUT2D eigenvalue weighted by Crippen LogP contribution is -2.33. The van der Waals surface area contributed by atoms with Crippen molar-refractivity contribution in [1.82, 2.24) is 24.4 Å². The monoisotopic (exact) mass is 581 g/mol. The summed E-state index contributed by atoms with van der Waals surface area (Å²) < 4.78 is 96.7. The topological polar surface area (TPSA) is 137 Å². The number of alkyl halides is 3. The highest BCUT2D eigenvalue weighted by Gasteiger charge is 2.34. The van der Waals surface area contributed by atoms with E-state index in [0.717, 1.165) is 30.7 Å². The first-order valence-corrected chi connectivity index (χ1v) is 13.8. The second-order valence-electron chi connectivity index (χ2n) is 9.45. The third kappa shape index (κ3) is 4.96. The second-order valence-corrected chi connectivity index (χ2v) is 11.4. The molecule has 1 aromatic carbocycles. The van der Waals surface area contributed by atoms with E-state index < -0.39 is 56.8 Å². The minimum Gasteiger partial charge on any atom is -0.453 e. The normalized spacial score (nSPS) is 19.3. The molecule has 1 aliphatic carbocycles. The number of aryl methyl sites for hydroxylation is 1. The zero-order valence-corrected chi connectivity index (χ0v) is 21.9. The van der Waals surface area contributed by atoms with Gasteiger partial charge in [0.15, 0.2) is 9.84 Å². The molecule has 15 heteroatoms. The smallest absolute Gasteiger partial charge is 0.418 e. The molecule has 0 radical (unpaired) electrons. The summed E-state index contributed by atoms with van der Waals surface area (Å²) in [5.41, 5.74) is -2.44. The minimum atomic E-state index is -4.83. The molecule has 0 spiro atoms. The van der Waals surface area contributed by atoms with Gasteiger partial charge >= 0.3 is 18.0 Å². The Morgan fingerprint density at radius 2 is 1.98 bits per heavy atom. The number of methoxy groups -OCH3 is 1. The molecule has 0 aliphatic heterocycles. The summed E-state index contributed by atoms with van der Waals surface area (Å²) in [6.07, 6.45) is -2.29. The molecule has 0 saturated heterocycles. The lowest BCUT2D eigenvalue weighted by molar-refractivity contribution is -0.136. The fourth-order valence-electron chi connectivity index (χ4n) is 5.03. The number of imidazole rings is 1. The molecule has 3 aromatic heterocycles. The Morgan fingerprint density at radius 3 is 2.65 bits per heavy atom. The Labute approximate surface area is 230 Å². The van der Waals surface area contributed by atoms with E-state index in [0.29, 0.717) is 23.8 Å². The number of carbonyl (C=O) groups excluding carboxylic acids is 1. The van der Waals surface area contributed by atoms with Crippen molar-refractivity contribution in [3.63, 3.8) is 0 Å². The number of sulfone groups is 1. The van der Waals surface area contributed by atoms with Crippen molar-refractivity contribution in [2.45, 2.75) is 42.4 Å². The van der Waals surface area contributed by atoms with E-state index in [1.807, 2.05) is 0 Å². The third-order valence-corrected chi connectivity index (χ3v) is 7.94. The van der Waals surface area contributed by atoms with E-state index in [4.69, 9.17) is 4.11 Å². The number of hydrogen-bond donors (Lipinski definition) is 2. The van der Waals surface area contributed by atoms with Crippen LogP contribution in [-0.4, -0.2) is 53.0 Å². The van der Waals surface area contributed by atoms with Crippen molar-refractivity contribution in [2.75, 3.05) is 18.7 Å². The molecule has 1 fully saturated rings. The maximum absolute atomic E-state index is 13.8. The van der Waals surface area contributed by atoms with Crippen LogP contribution in [0.1, 0.15) is 35.0 Å². The predicted octanol–water partition coefficient (Wildman–Crippen LogP) is 3.90. The standard InChI is InChI=1S/C25H25F3N6O5S/c1-33-18-12-29-20(10-17(18)34(24(33)36)14-8-7-13(9-14)30-23(35)39-2)31-21-11-19(40(3,37)38)15-5-4-6-16(22(15)32-21)25(26,27)28/h4-6,10-14H,7-9H2,1-3H3,(H,30,35)(H,29,31,32)/t13-,14-/m1/s1/i1D3. The van der Waals surface area contributed by atoms with E-state index in [1.54, 1.807) is 0 Å². The zero-order chi connectivity index (χ0) is 31.5. The minimum absolute atomic E-state index is 0.0254. The van der Waals surface area contributed by atoms with Gasteiger partial charge in [0.2, 0.25) is 0 Å². The molecule has 1 saturated carbocycles.